The Balaban J connectivity index is 2.02. The van der Waals surface area contributed by atoms with Gasteiger partial charge in [-0.1, -0.05) is 41.5 Å². The van der Waals surface area contributed by atoms with Crippen LogP contribution in [0.4, 0.5) is 0 Å². The molecule has 1 heterocycles. The molecule has 5 unspecified atom stereocenters. The molecular formula is C24H23N3O9. The molecule has 3 rings (SSSR count). The molecule has 12 heteroatoms. The third-order valence-corrected chi connectivity index (χ3v) is 5.04. The maximum atomic E-state index is 12.9. The van der Waals surface area contributed by atoms with Gasteiger partial charge in [0.2, 0.25) is 12.4 Å². The monoisotopic (exact) mass is 497 g/mol. The Morgan fingerprint density at radius 3 is 1.83 bits per heavy atom. The molecule has 2 aromatic carbocycles. The predicted molar refractivity (Wildman–Crippen MR) is 121 cm³/mol. The highest BCUT2D eigenvalue weighted by molar-refractivity contribution is 5.90. The van der Waals surface area contributed by atoms with Gasteiger partial charge >= 0.3 is 23.9 Å². The Kier molecular flexibility index (Phi) is 8.98. The molecule has 0 amide bonds. The summed E-state index contributed by atoms with van der Waals surface area (Å²) < 4.78 is 27.2. The molecule has 0 bridgehead atoms. The molecule has 0 radical (unpaired) electrons. The van der Waals surface area contributed by atoms with Crippen LogP contribution >= 0.6 is 0 Å². The van der Waals surface area contributed by atoms with Crippen LogP contribution in [0.3, 0.4) is 0 Å². The molecule has 188 valence electrons. The zero-order valence-electron chi connectivity index (χ0n) is 19.4. The SMILES string of the molecule is CC(=O)OCC1OC(OC(C)=O)C(OC(=O)c2ccccc2)C(OC(=O)c2ccccc2)C1N=[N+]=[N-]. The van der Waals surface area contributed by atoms with Crippen LogP contribution in [0.25, 0.3) is 10.4 Å². The van der Waals surface area contributed by atoms with Crippen molar-refractivity contribution in [1.29, 1.82) is 0 Å². The fourth-order valence-corrected chi connectivity index (χ4v) is 3.48. The van der Waals surface area contributed by atoms with E-state index >= 15 is 0 Å². The summed E-state index contributed by atoms with van der Waals surface area (Å²) >= 11 is 0. The summed E-state index contributed by atoms with van der Waals surface area (Å²) in [7, 11) is 0. The van der Waals surface area contributed by atoms with Gasteiger partial charge in [-0.05, 0) is 29.8 Å². The van der Waals surface area contributed by atoms with Gasteiger partial charge in [-0.15, -0.1) is 0 Å². The summed E-state index contributed by atoms with van der Waals surface area (Å²) in [6.45, 7) is 1.84. The van der Waals surface area contributed by atoms with Gasteiger partial charge in [0, 0.05) is 18.8 Å². The Morgan fingerprint density at radius 2 is 1.36 bits per heavy atom. The van der Waals surface area contributed by atoms with Crippen molar-refractivity contribution in [1.82, 2.24) is 0 Å². The van der Waals surface area contributed by atoms with E-state index in [0.717, 1.165) is 13.8 Å². The van der Waals surface area contributed by atoms with Crippen LogP contribution in [0.1, 0.15) is 34.6 Å². The lowest BCUT2D eigenvalue weighted by Crippen LogP contribution is -2.61. The molecule has 1 fully saturated rings. The van der Waals surface area contributed by atoms with Crippen molar-refractivity contribution in [3.8, 4) is 0 Å². The second-order valence-corrected chi connectivity index (χ2v) is 7.62. The molecule has 1 aliphatic heterocycles. The minimum absolute atomic E-state index is 0.162. The van der Waals surface area contributed by atoms with E-state index in [1.165, 1.54) is 24.3 Å². The van der Waals surface area contributed by atoms with E-state index in [0.29, 0.717) is 0 Å². The number of rotatable bonds is 8. The third-order valence-electron chi connectivity index (χ3n) is 5.04. The van der Waals surface area contributed by atoms with E-state index in [-0.39, 0.29) is 11.1 Å². The number of ether oxygens (including phenoxy) is 5. The van der Waals surface area contributed by atoms with Gasteiger partial charge in [0.15, 0.2) is 6.10 Å². The first-order valence-corrected chi connectivity index (χ1v) is 10.8. The quantitative estimate of drug-likeness (QED) is 0.175. The molecule has 0 saturated carbocycles. The van der Waals surface area contributed by atoms with E-state index < -0.39 is 61.1 Å². The summed E-state index contributed by atoms with van der Waals surface area (Å²) in [5, 5.41) is 3.67. The van der Waals surface area contributed by atoms with E-state index in [2.05, 4.69) is 10.0 Å². The Bertz CT molecular complexity index is 1140. The van der Waals surface area contributed by atoms with Crippen molar-refractivity contribution < 1.29 is 42.9 Å². The van der Waals surface area contributed by atoms with E-state index in [4.69, 9.17) is 23.7 Å². The minimum atomic E-state index is -1.57. The fraction of sp³-hybridized carbons (Fsp3) is 0.333. The second-order valence-electron chi connectivity index (χ2n) is 7.62. The zero-order chi connectivity index (χ0) is 26.1. The first-order chi connectivity index (χ1) is 17.3. The number of azide groups is 1. The average molecular weight is 497 g/mol. The lowest BCUT2D eigenvalue weighted by Gasteiger charge is -2.42. The number of esters is 4. The van der Waals surface area contributed by atoms with Gasteiger partial charge in [-0.3, -0.25) is 9.59 Å². The Hall–Kier alpha value is -4.41. The number of hydrogen-bond donors (Lipinski definition) is 0. The first kappa shape index (κ1) is 26.2. The van der Waals surface area contributed by atoms with Crippen LogP contribution in [-0.4, -0.2) is 61.1 Å². The summed E-state index contributed by atoms with van der Waals surface area (Å²) in [5.41, 5.74) is 9.53. The lowest BCUT2D eigenvalue weighted by atomic mass is 9.96. The van der Waals surface area contributed by atoms with E-state index in [9.17, 15) is 24.7 Å². The molecule has 5 atom stereocenters. The Labute approximate surface area is 205 Å². The minimum Gasteiger partial charge on any atom is -0.463 e. The Morgan fingerprint density at radius 1 is 0.833 bits per heavy atom. The van der Waals surface area contributed by atoms with Crippen molar-refractivity contribution in [2.45, 2.75) is 44.5 Å². The number of hydrogen-bond acceptors (Lipinski definition) is 10. The number of benzene rings is 2. The molecular weight excluding hydrogens is 474 g/mol. The molecule has 0 spiro atoms. The lowest BCUT2D eigenvalue weighted by molar-refractivity contribution is -0.267. The summed E-state index contributed by atoms with van der Waals surface area (Å²) in [4.78, 5) is 51.8. The van der Waals surface area contributed by atoms with Gasteiger partial charge in [0.05, 0.1) is 11.1 Å². The smallest absolute Gasteiger partial charge is 0.338 e. The standard InChI is InChI=1S/C24H23N3O9/c1-14(28)32-13-18-19(26-27-25)20(35-22(30)16-9-5-3-6-10-16)21(24(34-18)33-15(2)29)36-23(31)17-11-7-4-8-12-17/h3-12,18-21,24H,13H2,1-2H3. The van der Waals surface area contributed by atoms with E-state index in [1.807, 2.05) is 0 Å². The van der Waals surface area contributed by atoms with Crippen molar-refractivity contribution >= 4 is 23.9 Å². The fourth-order valence-electron chi connectivity index (χ4n) is 3.48. The zero-order valence-corrected chi connectivity index (χ0v) is 19.4. The van der Waals surface area contributed by atoms with Crippen molar-refractivity contribution in [2.24, 2.45) is 5.11 Å². The van der Waals surface area contributed by atoms with Crippen LogP contribution < -0.4 is 0 Å². The summed E-state index contributed by atoms with van der Waals surface area (Å²) in [6, 6.07) is 14.5. The maximum Gasteiger partial charge on any atom is 0.338 e. The molecule has 0 N–H and O–H groups in total. The largest absolute Gasteiger partial charge is 0.463 e. The van der Waals surface area contributed by atoms with Crippen LogP contribution in [0, 0.1) is 0 Å². The highest BCUT2D eigenvalue weighted by Gasteiger charge is 2.52. The van der Waals surface area contributed by atoms with Crippen LogP contribution in [0.5, 0.6) is 0 Å². The molecule has 0 aromatic heterocycles. The molecule has 12 nitrogen and oxygen atoms in total. The van der Waals surface area contributed by atoms with Crippen LogP contribution in [0.2, 0.25) is 0 Å². The van der Waals surface area contributed by atoms with Gasteiger partial charge in [-0.2, -0.15) is 0 Å². The number of nitrogens with zero attached hydrogens (tertiary/aromatic N) is 3. The maximum absolute atomic E-state index is 12.9. The molecule has 36 heavy (non-hydrogen) atoms. The van der Waals surface area contributed by atoms with Gasteiger partial charge < -0.3 is 23.7 Å². The normalized spacial score (nSPS) is 22.9. The predicted octanol–water partition coefficient (Wildman–Crippen LogP) is 2.97. The summed E-state index contributed by atoms with van der Waals surface area (Å²) in [5.74, 6) is -3.10. The molecule has 2 aromatic rings. The molecule has 1 saturated heterocycles. The van der Waals surface area contributed by atoms with Gasteiger partial charge in [0.25, 0.3) is 0 Å². The van der Waals surface area contributed by atoms with E-state index in [1.54, 1.807) is 36.4 Å². The van der Waals surface area contributed by atoms with Crippen LogP contribution in [0.15, 0.2) is 65.8 Å². The van der Waals surface area contributed by atoms with Crippen molar-refractivity contribution in [2.75, 3.05) is 6.61 Å². The molecule has 0 aliphatic carbocycles. The van der Waals surface area contributed by atoms with Crippen molar-refractivity contribution in [3.05, 3.63) is 82.2 Å². The highest BCUT2D eigenvalue weighted by atomic mass is 16.7. The second kappa shape index (κ2) is 12.3. The summed E-state index contributed by atoms with van der Waals surface area (Å²) in [6.07, 6.45) is -5.78. The first-order valence-electron chi connectivity index (χ1n) is 10.8. The average Bonchev–Trinajstić information content (AvgIpc) is 2.86. The third kappa shape index (κ3) is 6.81. The molecule has 1 aliphatic rings. The van der Waals surface area contributed by atoms with Gasteiger partial charge in [0.1, 0.15) is 18.8 Å². The number of carbonyl (C=O) groups excluding carboxylic acids is 4. The topological polar surface area (TPSA) is 163 Å². The highest BCUT2D eigenvalue weighted by Crippen LogP contribution is 2.31. The van der Waals surface area contributed by atoms with Gasteiger partial charge in [-0.25, -0.2) is 9.59 Å². The number of carbonyl (C=O) groups is 4. The van der Waals surface area contributed by atoms with Crippen LogP contribution in [-0.2, 0) is 33.3 Å². The van der Waals surface area contributed by atoms with Crippen molar-refractivity contribution in [3.63, 3.8) is 0 Å².